The minimum absolute atomic E-state index is 0.926. The first-order chi connectivity index (χ1) is 10.6. The summed E-state index contributed by atoms with van der Waals surface area (Å²) in [6.07, 6.45) is 11.5. The summed E-state index contributed by atoms with van der Waals surface area (Å²) >= 11 is 0. The Hall–Kier alpha value is -2.15. The summed E-state index contributed by atoms with van der Waals surface area (Å²) in [5.41, 5.74) is 8.79. The van der Waals surface area contributed by atoms with E-state index in [1.807, 2.05) is 6.21 Å². The van der Waals surface area contributed by atoms with E-state index in [4.69, 9.17) is 0 Å². The van der Waals surface area contributed by atoms with Gasteiger partial charge in [0, 0.05) is 6.21 Å². The van der Waals surface area contributed by atoms with Gasteiger partial charge in [0.15, 0.2) is 0 Å². The van der Waals surface area contributed by atoms with E-state index in [1.54, 1.807) is 0 Å². The van der Waals surface area contributed by atoms with Crippen molar-refractivity contribution < 1.29 is 0 Å². The maximum atomic E-state index is 4.52. The van der Waals surface area contributed by atoms with Crippen molar-refractivity contribution in [1.29, 1.82) is 0 Å². The zero-order valence-corrected chi connectivity index (χ0v) is 13.4. The number of fused-ring (bicyclic) bond motifs is 1. The minimum atomic E-state index is 0.926. The van der Waals surface area contributed by atoms with Gasteiger partial charge in [0.2, 0.25) is 0 Å². The van der Waals surface area contributed by atoms with Gasteiger partial charge in [-0.25, -0.2) is 0 Å². The maximum Gasteiger partial charge on any atom is 0.0641 e. The monoisotopic (exact) mass is 289 g/mol. The van der Waals surface area contributed by atoms with Gasteiger partial charge < -0.3 is 0 Å². The summed E-state index contributed by atoms with van der Waals surface area (Å²) in [5.74, 6) is 0. The van der Waals surface area contributed by atoms with Gasteiger partial charge in [-0.3, -0.25) is 4.99 Å². The van der Waals surface area contributed by atoms with Crippen LogP contribution in [0.25, 0.3) is 11.6 Å². The molecule has 0 spiro atoms. The van der Waals surface area contributed by atoms with Crippen molar-refractivity contribution in [1.82, 2.24) is 0 Å². The molecule has 0 N–H and O–H groups in total. The van der Waals surface area contributed by atoms with Crippen molar-refractivity contribution >= 4 is 17.9 Å². The predicted octanol–water partition coefficient (Wildman–Crippen LogP) is 5.74. The van der Waals surface area contributed by atoms with Crippen molar-refractivity contribution in [3.63, 3.8) is 0 Å². The van der Waals surface area contributed by atoms with Crippen molar-refractivity contribution in [2.45, 2.75) is 39.0 Å². The van der Waals surface area contributed by atoms with Crippen LogP contribution in [0.15, 0.2) is 59.3 Å². The van der Waals surface area contributed by atoms with Crippen LogP contribution in [-0.2, 0) is 6.42 Å². The van der Waals surface area contributed by atoms with E-state index >= 15 is 0 Å². The number of allylic oxidation sites excluding steroid dienone is 4. The minimum Gasteiger partial charge on any atom is -0.261 e. The number of aliphatic imine (C=N–C) groups is 1. The quantitative estimate of drug-likeness (QED) is 0.655. The molecule has 0 radical (unpaired) electrons. The summed E-state index contributed by atoms with van der Waals surface area (Å²) in [5, 5.41) is 0. The zero-order chi connectivity index (χ0) is 15.5. The van der Waals surface area contributed by atoms with E-state index in [-0.39, 0.29) is 0 Å². The second-order valence-corrected chi connectivity index (χ2v) is 6.21. The number of hydrogen-bond donors (Lipinski definition) is 0. The average Bonchev–Trinajstić information content (AvgIpc) is 3.00. The normalized spacial score (nSPS) is 16.0. The Bertz CT molecular complexity index is 713. The fourth-order valence-electron chi connectivity index (χ4n) is 3.09. The first-order valence-corrected chi connectivity index (χ1v) is 8.03. The summed E-state index contributed by atoms with van der Waals surface area (Å²) in [7, 11) is 0. The summed E-state index contributed by atoms with van der Waals surface area (Å²) in [6.45, 7) is 10.7. The Labute approximate surface area is 133 Å². The molecule has 1 heteroatoms. The van der Waals surface area contributed by atoms with Gasteiger partial charge in [-0.1, -0.05) is 37.4 Å². The Balaban J connectivity index is 1.64. The molecule has 1 aliphatic carbocycles. The van der Waals surface area contributed by atoms with Crippen LogP contribution in [0.4, 0.5) is 0 Å². The lowest BCUT2D eigenvalue weighted by molar-refractivity contribution is 0.922. The van der Waals surface area contributed by atoms with E-state index in [9.17, 15) is 0 Å². The third-order valence-corrected chi connectivity index (χ3v) is 4.53. The fraction of sp³-hybridized carbons (Fsp3) is 0.286. The molecule has 0 amide bonds. The van der Waals surface area contributed by atoms with Gasteiger partial charge in [-0.05, 0) is 78.5 Å². The van der Waals surface area contributed by atoms with Gasteiger partial charge in [-0.15, -0.1) is 0 Å². The molecule has 0 saturated heterocycles. The lowest BCUT2D eigenvalue weighted by atomic mass is 9.94. The molecule has 2 aliphatic rings. The fourth-order valence-corrected chi connectivity index (χ4v) is 3.09. The molecular weight excluding hydrogens is 266 g/mol. The number of rotatable bonds is 5. The smallest absolute Gasteiger partial charge is 0.0641 e. The Morgan fingerprint density at radius 2 is 2.00 bits per heavy atom. The van der Waals surface area contributed by atoms with Crippen LogP contribution in [-0.4, -0.2) is 6.21 Å². The van der Waals surface area contributed by atoms with Gasteiger partial charge in [0.05, 0.1) is 5.70 Å². The molecule has 1 aromatic rings. The van der Waals surface area contributed by atoms with Crippen molar-refractivity contribution in [3.05, 3.63) is 71.0 Å². The van der Waals surface area contributed by atoms with Crippen LogP contribution in [0, 0.1) is 0 Å². The van der Waals surface area contributed by atoms with Gasteiger partial charge in [0.1, 0.15) is 0 Å². The molecule has 0 unspecified atom stereocenters. The van der Waals surface area contributed by atoms with Crippen molar-refractivity contribution in [3.8, 4) is 0 Å². The zero-order valence-electron chi connectivity index (χ0n) is 13.4. The van der Waals surface area contributed by atoms with Crippen LogP contribution in [0.5, 0.6) is 0 Å². The van der Waals surface area contributed by atoms with Gasteiger partial charge in [0.25, 0.3) is 0 Å². The lowest BCUT2D eigenvalue weighted by Crippen LogP contribution is -1.98. The largest absolute Gasteiger partial charge is 0.261 e. The molecule has 0 aromatic heterocycles. The molecule has 1 aliphatic heterocycles. The topological polar surface area (TPSA) is 12.4 Å². The average molecular weight is 289 g/mol. The first kappa shape index (κ1) is 14.8. The van der Waals surface area contributed by atoms with Crippen molar-refractivity contribution in [2.75, 3.05) is 0 Å². The molecule has 3 rings (SSSR count). The summed E-state index contributed by atoms with van der Waals surface area (Å²) in [6, 6.07) is 6.68. The molecule has 1 aromatic carbocycles. The van der Waals surface area contributed by atoms with E-state index < -0.39 is 0 Å². The molecule has 1 nitrogen and oxygen atoms in total. The predicted molar refractivity (Wildman–Crippen MR) is 97.0 cm³/mol. The van der Waals surface area contributed by atoms with E-state index in [2.05, 4.69) is 55.4 Å². The standard InChI is InChI=1S/C21H23N/c1-15(19-12-11-18-7-4-8-20(18)14-19)9-10-17(3)21-16(2)6-5-13-22-21/h4,8,11-14H,1,3,5-7,9-10H2,2H3. The second-order valence-electron chi connectivity index (χ2n) is 6.21. The molecule has 22 heavy (non-hydrogen) atoms. The van der Waals surface area contributed by atoms with Crippen LogP contribution in [0.2, 0.25) is 0 Å². The van der Waals surface area contributed by atoms with Crippen LogP contribution in [0.1, 0.15) is 49.3 Å². The van der Waals surface area contributed by atoms with E-state index in [0.717, 1.165) is 43.4 Å². The van der Waals surface area contributed by atoms with Crippen LogP contribution >= 0.6 is 0 Å². The molecule has 0 bridgehead atoms. The van der Waals surface area contributed by atoms with E-state index in [1.165, 1.54) is 27.8 Å². The molecule has 0 saturated carbocycles. The Kier molecular flexibility index (Phi) is 4.24. The Morgan fingerprint density at radius 3 is 2.82 bits per heavy atom. The van der Waals surface area contributed by atoms with E-state index in [0.29, 0.717) is 0 Å². The maximum absolute atomic E-state index is 4.52. The second kappa shape index (κ2) is 6.31. The summed E-state index contributed by atoms with van der Waals surface area (Å²) in [4.78, 5) is 4.52. The highest BCUT2D eigenvalue weighted by Crippen LogP contribution is 2.29. The van der Waals surface area contributed by atoms with Crippen LogP contribution in [0.3, 0.4) is 0 Å². The van der Waals surface area contributed by atoms with Crippen LogP contribution < -0.4 is 0 Å². The molecule has 0 fully saturated rings. The third-order valence-electron chi connectivity index (χ3n) is 4.53. The summed E-state index contributed by atoms with van der Waals surface area (Å²) < 4.78 is 0. The highest BCUT2D eigenvalue weighted by atomic mass is 14.7. The van der Waals surface area contributed by atoms with Crippen molar-refractivity contribution in [2.24, 2.45) is 4.99 Å². The third kappa shape index (κ3) is 3.04. The highest BCUT2D eigenvalue weighted by molar-refractivity contribution is 5.70. The number of benzene rings is 1. The molecular formula is C21H23N. The SMILES string of the molecule is C=C(CCC(=C)c1ccc2c(c1)C=CC2)C1=C(C)CCC=N1. The number of nitrogens with zero attached hydrogens (tertiary/aromatic N) is 1. The lowest BCUT2D eigenvalue weighted by Gasteiger charge is -2.15. The Morgan fingerprint density at radius 1 is 1.18 bits per heavy atom. The van der Waals surface area contributed by atoms with Gasteiger partial charge in [-0.2, -0.15) is 0 Å². The first-order valence-electron chi connectivity index (χ1n) is 8.03. The highest BCUT2D eigenvalue weighted by Gasteiger charge is 2.11. The van der Waals surface area contributed by atoms with Gasteiger partial charge >= 0.3 is 0 Å². The molecule has 112 valence electrons. The molecule has 1 heterocycles. The molecule has 0 atom stereocenters. The number of hydrogen-bond acceptors (Lipinski definition) is 1.